The summed E-state index contributed by atoms with van der Waals surface area (Å²) in [4.78, 5) is 0. The lowest BCUT2D eigenvalue weighted by Gasteiger charge is -2.35. The van der Waals surface area contributed by atoms with Crippen LogP contribution in [0.1, 0.15) is 25.0 Å². The second-order valence-electron chi connectivity index (χ2n) is 10.9. The Balaban J connectivity index is 1.36. The van der Waals surface area contributed by atoms with Crippen molar-refractivity contribution in [1.29, 1.82) is 0 Å². The maximum Gasteiger partial charge on any atom is 0.0433 e. The summed E-state index contributed by atoms with van der Waals surface area (Å²) < 4.78 is 2.71. The van der Waals surface area contributed by atoms with Crippen LogP contribution in [0, 0.1) is 0 Å². The van der Waals surface area contributed by atoms with E-state index in [-0.39, 0.29) is 5.41 Å². The van der Waals surface area contributed by atoms with Crippen LogP contribution in [0.15, 0.2) is 121 Å². The van der Waals surface area contributed by atoms with E-state index in [0.717, 1.165) is 0 Å². The van der Waals surface area contributed by atoms with Crippen LogP contribution in [-0.2, 0) is 5.41 Å². The molecule has 0 amide bonds. The first kappa shape index (κ1) is 21.8. The van der Waals surface area contributed by atoms with Gasteiger partial charge in [0.15, 0.2) is 0 Å². The van der Waals surface area contributed by atoms with E-state index in [9.17, 15) is 0 Å². The number of hydrogen-bond donors (Lipinski definition) is 0. The number of hydrogen-bond acceptors (Lipinski definition) is 1. The third-order valence-electron chi connectivity index (χ3n) is 8.49. The van der Waals surface area contributed by atoms with Gasteiger partial charge in [-0.3, -0.25) is 0 Å². The summed E-state index contributed by atoms with van der Waals surface area (Å²) >= 11 is 1.90. The van der Waals surface area contributed by atoms with Crippen LogP contribution in [-0.4, -0.2) is 0 Å². The summed E-state index contributed by atoms with van der Waals surface area (Å²) in [5.74, 6) is 0. The predicted octanol–water partition coefficient (Wildman–Crippen LogP) is 10.8. The topological polar surface area (TPSA) is 0 Å². The minimum absolute atomic E-state index is 0.0413. The molecule has 0 nitrogen and oxygen atoms in total. The van der Waals surface area contributed by atoms with E-state index in [1.807, 2.05) is 11.3 Å². The van der Waals surface area contributed by atoms with Gasteiger partial charge in [0.05, 0.1) is 0 Å². The van der Waals surface area contributed by atoms with E-state index in [1.165, 1.54) is 75.5 Å². The monoisotopic (exact) mass is 502 g/mol. The highest BCUT2D eigenvalue weighted by Crippen LogP contribution is 2.50. The second kappa shape index (κ2) is 7.90. The second-order valence-corrected chi connectivity index (χ2v) is 12.0. The summed E-state index contributed by atoms with van der Waals surface area (Å²) in [6, 6.07) is 45.0. The van der Waals surface area contributed by atoms with Crippen molar-refractivity contribution >= 4 is 42.3 Å². The van der Waals surface area contributed by atoms with E-state index in [4.69, 9.17) is 0 Å². The summed E-state index contributed by atoms with van der Waals surface area (Å²) in [6.07, 6.45) is 0. The molecule has 0 radical (unpaired) electrons. The molecule has 0 spiro atoms. The first-order valence-electron chi connectivity index (χ1n) is 13.3. The maximum absolute atomic E-state index is 2.38. The van der Waals surface area contributed by atoms with Crippen LogP contribution in [0.25, 0.3) is 64.3 Å². The van der Waals surface area contributed by atoms with Gasteiger partial charge in [0.1, 0.15) is 0 Å². The number of fused-ring (bicyclic) bond motifs is 5. The van der Waals surface area contributed by atoms with Crippen molar-refractivity contribution < 1.29 is 0 Å². The van der Waals surface area contributed by atoms with Gasteiger partial charge in [-0.15, -0.1) is 11.3 Å². The van der Waals surface area contributed by atoms with E-state index in [0.29, 0.717) is 0 Å². The summed E-state index contributed by atoms with van der Waals surface area (Å²) in [5, 5.41) is 5.42. The molecule has 180 valence electrons. The average molecular weight is 503 g/mol. The van der Waals surface area contributed by atoms with Crippen molar-refractivity contribution in [1.82, 2.24) is 0 Å². The molecule has 1 heteroatoms. The minimum atomic E-state index is -0.0413. The number of rotatable bonds is 2. The normalized spacial score (nSPS) is 13.7. The molecule has 38 heavy (non-hydrogen) atoms. The van der Waals surface area contributed by atoms with Gasteiger partial charge in [-0.05, 0) is 67.4 Å². The lowest BCUT2D eigenvalue weighted by molar-refractivity contribution is 0.645. The van der Waals surface area contributed by atoms with Gasteiger partial charge in [-0.2, -0.15) is 0 Å². The van der Waals surface area contributed by atoms with Crippen molar-refractivity contribution in [3.8, 4) is 33.4 Å². The van der Waals surface area contributed by atoms with Gasteiger partial charge in [0, 0.05) is 25.6 Å². The van der Waals surface area contributed by atoms with Crippen LogP contribution in [0.3, 0.4) is 0 Å². The quantitative estimate of drug-likeness (QED) is 0.220. The molecule has 0 fully saturated rings. The largest absolute Gasteiger partial charge is 0.135 e. The molecule has 0 atom stereocenters. The fraction of sp³-hybridized carbons (Fsp3) is 0.0811. The molecular weight excluding hydrogens is 476 g/mol. The first-order chi connectivity index (χ1) is 18.6. The van der Waals surface area contributed by atoms with Crippen molar-refractivity contribution in [2.75, 3.05) is 0 Å². The minimum Gasteiger partial charge on any atom is -0.135 e. The Kier molecular flexibility index (Phi) is 4.54. The van der Waals surface area contributed by atoms with Gasteiger partial charge in [-0.1, -0.05) is 123 Å². The summed E-state index contributed by atoms with van der Waals surface area (Å²) in [7, 11) is 0. The van der Waals surface area contributed by atoms with Crippen molar-refractivity contribution in [2.24, 2.45) is 0 Å². The van der Waals surface area contributed by atoms with Crippen LogP contribution in [0.5, 0.6) is 0 Å². The third-order valence-corrected chi connectivity index (χ3v) is 9.71. The van der Waals surface area contributed by atoms with E-state index >= 15 is 0 Å². The zero-order chi connectivity index (χ0) is 25.4. The number of thiophene rings is 1. The van der Waals surface area contributed by atoms with Gasteiger partial charge >= 0.3 is 0 Å². The van der Waals surface area contributed by atoms with E-state index in [2.05, 4.69) is 135 Å². The van der Waals surface area contributed by atoms with E-state index < -0.39 is 0 Å². The van der Waals surface area contributed by atoms with E-state index in [1.54, 1.807) is 0 Å². The van der Waals surface area contributed by atoms with Gasteiger partial charge in [-0.25, -0.2) is 0 Å². The number of benzene rings is 6. The van der Waals surface area contributed by atoms with Crippen LogP contribution < -0.4 is 0 Å². The maximum atomic E-state index is 2.38. The zero-order valence-corrected chi connectivity index (χ0v) is 22.3. The molecular formula is C37H26S. The lowest BCUT2D eigenvalue weighted by Crippen LogP contribution is -2.23. The molecule has 8 rings (SSSR count). The third kappa shape index (κ3) is 2.97. The standard InChI is InChI=1S/C37H26S/c1-37(2)32-17-5-3-12-27(32)30-21-20-25(29-15-9-18-33(37)35(29)30)23-10-7-11-24(22-23)26-14-8-16-31-28-13-4-6-19-34(28)38-36(26)31/h3-22H,1-2H3. The highest BCUT2D eigenvalue weighted by Gasteiger charge is 2.33. The molecule has 1 aliphatic rings. The molecule has 0 aliphatic heterocycles. The van der Waals surface area contributed by atoms with Crippen LogP contribution in [0.2, 0.25) is 0 Å². The zero-order valence-electron chi connectivity index (χ0n) is 21.5. The van der Waals surface area contributed by atoms with Crippen LogP contribution >= 0.6 is 11.3 Å². The Bertz CT molecular complexity index is 2050. The van der Waals surface area contributed by atoms with Crippen molar-refractivity contribution in [3.63, 3.8) is 0 Å². The van der Waals surface area contributed by atoms with Gasteiger partial charge in [0.2, 0.25) is 0 Å². The van der Waals surface area contributed by atoms with Crippen molar-refractivity contribution in [3.05, 3.63) is 132 Å². The molecule has 6 aromatic carbocycles. The summed E-state index contributed by atoms with van der Waals surface area (Å²) in [5.41, 5.74) is 10.6. The smallest absolute Gasteiger partial charge is 0.0433 e. The molecule has 1 aliphatic carbocycles. The predicted molar refractivity (Wildman–Crippen MR) is 165 cm³/mol. The highest BCUT2D eigenvalue weighted by molar-refractivity contribution is 7.26. The Labute approximate surface area is 226 Å². The molecule has 0 saturated heterocycles. The van der Waals surface area contributed by atoms with Gasteiger partial charge in [0.25, 0.3) is 0 Å². The molecule has 0 bridgehead atoms. The average Bonchev–Trinajstić information content (AvgIpc) is 3.35. The molecule has 1 heterocycles. The SMILES string of the molecule is CC1(C)c2ccccc2-c2ccc(-c3cccc(-c4cccc5c4sc4ccccc45)c3)c3cccc1c23. The van der Waals surface area contributed by atoms with Gasteiger partial charge < -0.3 is 0 Å². The fourth-order valence-corrected chi connectivity index (χ4v) is 7.88. The molecule has 0 N–H and O–H groups in total. The first-order valence-corrected chi connectivity index (χ1v) is 14.1. The molecule has 0 unspecified atom stereocenters. The molecule has 1 aromatic heterocycles. The molecule has 7 aromatic rings. The summed E-state index contributed by atoms with van der Waals surface area (Å²) in [6.45, 7) is 4.73. The Morgan fingerprint density at radius 3 is 2.03 bits per heavy atom. The fourth-order valence-electron chi connectivity index (χ4n) is 6.64. The van der Waals surface area contributed by atoms with Crippen LogP contribution in [0.4, 0.5) is 0 Å². The highest BCUT2D eigenvalue weighted by atomic mass is 32.1. The molecule has 0 saturated carbocycles. The Morgan fingerprint density at radius 2 is 1.11 bits per heavy atom. The Hall–Kier alpha value is -4.20. The van der Waals surface area contributed by atoms with Crippen molar-refractivity contribution in [2.45, 2.75) is 19.3 Å². The lowest BCUT2D eigenvalue weighted by atomic mass is 9.68. The Morgan fingerprint density at radius 1 is 0.474 bits per heavy atom.